The second-order valence-electron chi connectivity index (χ2n) is 0.902. The average Bonchev–Trinajstić information content (AvgIpc) is 1.35. The van der Waals surface area contributed by atoms with Crippen molar-refractivity contribution in [1.82, 2.24) is 0 Å². The molecular weight excluding hydrogens is 158 g/mol. The Hall–Kier alpha value is -0.310. The Morgan fingerprint density at radius 1 is 1.71 bits per heavy atom. The highest BCUT2D eigenvalue weighted by molar-refractivity contribution is 8.93. The van der Waals surface area contributed by atoms with Crippen molar-refractivity contribution < 1.29 is 4.79 Å². The second kappa shape index (κ2) is 5.69. The number of carbonyl (C=O) groups excluding carboxylic acids is 1. The molecule has 0 spiro atoms. The lowest BCUT2D eigenvalue weighted by Gasteiger charge is -1.70. The van der Waals surface area contributed by atoms with E-state index in [1.54, 1.807) is 13.0 Å². The molecule has 0 unspecified atom stereocenters. The van der Waals surface area contributed by atoms with Crippen LogP contribution in [0.15, 0.2) is 12.2 Å². The van der Waals surface area contributed by atoms with Crippen LogP contribution in [0.5, 0.6) is 0 Å². The van der Waals surface area contributed by atoms with E-state index < -0.39 is 5.91 Å². The maximum atomic E-state index is 9.73. The van der Waals surface area contributed by atoms with Gasteiger partial charge in [0.25, 0.3) is 0 Å². The standard InChI is InChI=1S/C4H7NO.BrH/c1-2-3-4(5)6;/h2-3H,1H3,(H2,5,6);1H/b3-2+;. The molecule has 0 heterocycles. The molecule has 0 aliphatic carbocycles. The molecule has 0 saturated carbocycles. The van der Waals surface area contributed by atoms with Crippen LogP contribution in [0.3, 0.4) is 0 Å². The Labute approximate surface area is 53.2 Å². The van der Waals surface area contributed by atoms with Crippen LogP contribution < -0.4 is 5.73 Å². The second-order valence-corrected chi connectivity index (χ2v) is 0.902. The van der Waals surface area contributed by atoms with Gasteiger partial charge in [0.1, 0.15) is 0 Å². The van der Waals surface area contributed by atoms with Crippen molar-refractivity contribution in [2.24, 2.45) is 5.73 Å². The van der Waals surface area contributed by atoms with E-state index in [9.17, 15) is 4.79 Å². The van der Waals surface area contributed by atoms with Gasteiger partial charge in [-0.05, 0) is 13.0 Å². The molecule has 0 aliphatic rings. The summed E-state index contributed by atoms with van der Waals surface area (Å²) in [6, 6.07) is 0. The number of rotatable bonds is 1. The molecule has 0 aromatic heterocycles. The maximum absolute atomic E-state index is 9.73. The first kappa shape index (κ1) is 9.85. The van der Waals surface area contributed by atoms with Crippen LogP contribution in [0.4, 0.5) is 0 Å². The van der Waals surface area contributed by atoms with Crippen molar-refractivity contribution in [3.05, 3.63) is 12.2 Å². The molecule has 0 bridgehead atoms. The molecule has 3 heteroatoms. The number of allylic oxidation sites excluding steroid dienone is 1. The molecule has 0 rings (SSSR count). The van der Waals surface area contributed by atoms with E-state index in [1.165, 1.54) is 6.08 Å². The van der Waals surface area contributed by atoms with Crippen LogP contribution in [0, 0.1) is 0 Å². The monoisotopic (exact) mass is 165 g/mol. The Morgan fingerprint density at radius 2 is 2.14 bits per heavy atom. The minimum Gasteiger partial charge on any atom is -0.366 e. The van der Waals surface area contributed by atoms with E-state index in [2.05, 4.69) is 5.73 Å². The number of amides is 1. The molecule has 0 atom stereocenters. The van der Waals surface area contributed by atoms with Gasteiger partial charge in [-0.3, -0.25) is 4.79 Å². The Balaban J connectivity index is 0. The van der Waals surface area contributed by atoms with Crippen LogP contribution in [-0.2, 0) is 4.79 Å². The molecule has 0 aliphatic heterocycles. The lowest BCUT2D eigenvalue weighted by atomic mass is 10.5. The number of nitrogens with two attached hydrogens (primary N) is 1. The highest BCUT2D eigenvalue weighted by Crippen LogP contribution is 1.62. The van der Waals surface area contributed by atoms with Crippen molar-refractivity contribution in [3.8, 4) is 0 Å². The fraction of sp³-hybridized carbons (Fsp3) is 0.250. The van der Waals surface area contributed by atoms with Crippen molar-refractivity contribution >= 4 is 22.9 Å². The van der Waals surface area contributed by atoms with E-state index in [-0.39, 0.29) is 17.0 Å². The summed E-state index contributed by atoms with van der Waals surface area (Å²) in [6.07, 6.45) is 2.91. The maximum Gasteiger partial charge on any atom is 0.241 e. The van der Waals surface area contributed by atoms with E-state index in [4.69, 9.17) is 0 Å². The van der Waals surface area contributed by atoms with Crippen molar-refractivity contribution in [3.63, 3.8) is 0 Å². The van der Waals surface area contributed by atoms with E-state index in [0.29, 0.717) is 0 Å². The van der Waals surface area contributed by atoms with Gasteiger partial charge in [0, 0.05) is 0 Å². The molecule has 0 fully saturated rings. The number of hydrogen-bond acceptors (Lipinski definition) is 1. The molecular formula is C4H8BrNO. The zero-order valence-electron chi connectivity index (χ0n) is 4.05. The third-order valence-corrected chi connectivity index (χ3v) is 0.331. The molecule has 2 nitrogen and oxygen atoms in total. The van der Waals surface area contributed by atoms with Gasteiger partial charge in [0.2, 0.25) is 5.91 Å². The minimum absolute atomic E-state index is 0. The van der Waals surface area contributed by atoms with Crippen LogP contribution in [0.1, 0.15) is 6.92 Å². The molecule has 0 radical (unpaired) electrons. The summed E-state index contributed by atoms with van der Waals surface area (Å²) in [5, 5.41) is 0. The summed E-state index contributed by atoms with van der Waals surface area (Å²) < 4.78 is 0. The number of hydrogen-bond donors (Lipinski definition) is 1. The van der Waals surface area contributed by atoms with E-state index >= 15 is 0 Å². The third-order valence-electron chi connectivity index (χ3n) is 0.331. The van der Waals surface area contributed by atoms with Gasteiger partial charge in [0.05, 0.1) is 0 Å². The molecule has 42 valence electrons. The average molecular weight is 166 g/mol. The number of primary amides is 1. The summed E-state index contributed by atoms with van der Waals surface area (Å²) in [7, 11) is 0. The molecule has 2 N–H and O–H groups in total. The highest BCUT2D eigenvalue weighted by Gasteiger charge is 1.73. The molecule has 0 saturated heterocycles. The van der Waals surface area contributed by atoms with Crippen LogP contribution in [0.25, 0.3) is 0 Å². The van der Waals surface area contributed by atoms with E-state index in [0.717, 1.165) is 0 Å². The first-order valence-corrected chi connectivity index (χ1v) is 1.69. The topological polar surface area (TPSA) is 43.1 Å². The van der Waals surface area contributed by atoms with Crippen LogP contribution in [-0.4, -0.2) is 5.91 Å². The van der Waals surface area contributed by atoms with Crippen molar-refractivity contribution in [1.29, 1.82) is 0 Å². The zero-order valence-corrected chi connectivity index (χ0v) is 5.76. The Kier molecular flexibility index (Phi) is 8.00. The first-order valence-electron chi connectivity index (χ1n) is 1.69. The van der Waals surface area contributed by atoms with E-state index in [1.807, 2.05) is 0 Å². The fourth-order valence-corrected chi connectivity index (χ4v) is 0.164. The highest BCUT2D eigenvalue weighted by atomic mass is 79.9. The van der Waals surface area contributed by atoms with Gasteiger partial charge in [-0.2, -0.15) is 0 Å². The quantitative estimate of drug-likeness (QED) is 0.570. The molecule has 1 amide bonds. The lowest BCUT2D eigenvalue weighted by molar-refractivity contribution is -0.113. The third kappa shape index (κ3) is 10.7. The number of carbonyl (C=O) groups is 1. The van der Waals surface area contributed by atoms with Crippen LogP contribution in [0.2, 0.25) is 0 Å². The predicted molar refractivity (Wildman–Crippen MR) is 34.3 cm³/mol. The zero-order chi connectivity index (χ0) is 4.99. The van der Waals surface area contributed by atoms with Crippen LogP contribution >= 0.6 is 17.0 Å². The summed E-state index contributed by atoms with van der Waals surface area (Å²) in [4.78, 5) is 9.73. The largest absolute Gasteiger partial charge is 0.366 e. The fourth-order valence-electron chi connectivity index (χ4n) is 0.164. The molecule has 0 aromatic carbocycles. The smallest absolute Gasteiger partial charge is 0.241 e. The van der Waals surface area contributed by atoms with Crippen molar-refractivity contribution in [2.75, 3.05) is 0 Å². The Bertz CT molecular complexity index is 79.8. The lowest BCUT2D eigenvalue weighted by Crippen LogP contribution is -2.04. The number of halogens is 1. The minimum atomic E-state index is -0.391. The first-order chi connectivity index (χ1) is 2.77. The van der Waals surface area contributed by atoms with Gasteiger partial charge >= 0.3 is 0 Å². The molecule has 7 heavy (non-hydrogen) atoms. The summed E-state index contributed by atoms with van der Waals surface area (Å²) in [5.41, 5.74) is 4.68. The van der Waals surface area contributed by atoms with Gasteiger partial charge in [-0.15, -0.1) is 17.0 Å². The van der Waals surface area contributed by atoms with Gasteiger partial charge in [-0.25, -0.2) is 0 Å². The van der Waals surface area contributed by atoms with Crippen molar-refractivity contribution in [2.45, 2.75) is 6.92 Å². The summed E-state index contributed by atoms with van der Waals surface area (Å²) in [5.74, 6) is -0.391. The van der Waals surface area contributed by atoms with Gasteiger partial charge in [-0.1, -0.05) is 6.08 Å². The molecule has 0 aromatic rings. The Morgan fingerprint density at radius 3 is 2.14 bits per heavy atom. The summed E-state index contributed by atoms with van der Waals surface area (Å²) >= 11 is 0. The summed E-state index contributed by atoms with van der Waals surface area (Å²) in [6.45, 7) is 1.74. The SMILES string of the molecule is Br.C/C=C/C(N)=O. The predicted octanol–water partition coefficient (Wildman–Crippen LogP) is 0.626. The normalized spacial score (nSPS) is 8.14. The van der Waals surface area contributed by atoms with Gasteiger partial charge in [0.15, 0.2) is 0 Å². The van der Waals surface area contributed by atoms with Gasteiger partial charge < -0.3 is 5.73 Å².